The molecule has 0 aromatic heterocycles. The summed E-state index contributed by atoms with van der Waals surface area (Å²) in [7, 11) is -4.54. The minimum atomic E-state index is -3.81. The summed E-state index contributed by atoms with van der Waals surface area (Å²) in [6, 6.07) is 24.9. The van der Waals surface area contributed by atoms with Crippen LogP contribution in [0.4, 0.5) is 11.4 Å². The summed E-state index contributed by atoms with van der Waals surface area (Å²) >= 11 is 0. The van der Waals surface area contributed by atoms with Crippen LogP contribution in [0.1, 0.15) is 32.3 Å². The van der Waals surface area contributed by atoms with Crippen molar-refractivity contribution in [2.24, 2.45) is 9.88 Å². The number of nitrogens with zero attached hydrogens (tertiary/aromatic N) is 2. The van der Waals surface area contributed by atoms with Crippen molar-refractivity contribution in [3.05, 3.63) is 95.9 Å². The maximum absolute atomic E-state index is 11.8. The van der Waals surface area contributed by atoms with Gasteiger partial charge in [0.25, 0.3) is 0 Å². The van der Waals surface area contributed by atoms with Gasteiger partial charge in [-0.15, -0.1) is 0 Å². The number of benzene rings is 3. The van der Waals surface area contributed by atoms with E-state index in [4.69, 9.17) is 19.1 Å². The van der Waals surface area contributed by atoms with Crippen LogP contribution in [0.3, 0.4) is 0 Å². The third kappa shape index (κ3) is 5.24. The molecule has 38 heavy (non-hydrogen) atoms. The van der Waals surface area contributed by atoms with E-state index in [9.17, 15) is 8.42 Å². The van der Waals surface area contributed by atoms with Crippen molar-refractivity contribution in [3.8, 4) is 0 Å². The molecule has 0 amide bonds. The molecule has 0 spiro atoms. The van der Waals surface area contributed by atoms with Gasteiger partial charge in [0.2, 0.25) is 10.0 Å². The molecule has 5 rings (SSSR count). The molecular weight excluding hydrogens is 517 g/mol. The predicted octanol–water partition coefficient (Wildman–Crippen LogP) is 5.87. The van der Waals surface area contributed by atoms with E-state index in [0.717, 1.165) is 36.1 Å². The Kier molecular flexibility index (Phi) is 7.37. The number of allylic oxidation sites excluding steroid dienone is 1. The first-order valence-corrected chi connectivity index (χ1v) is 16.0. The SMILES string of the molecule is CN1/C(=C\[P@@](=Nc2ccc(S(N)(=O)=O)cc2)(OC[C@@H]2CCCO2)c2ccccc2)C(C)(C)c2ccccc21. The third-order valence-corrected chi connectivity index (χ3v) is 10.9. The number of sulfonamides is 1. The van der Waals surface area contributed by atoms with E-state index in [-0.39, 0.29) is 16.4 Å². The highest BCUT2D eigenvalue weighted by atomic mass is 32.2. The van der Waals surface area contributed by atoms with Crippen LogP contribution < -0.4 is 15.3 Å². The number of fused-ring (bicyclic) bond motifs is 1. The van der Waals surface area contributed by atoms with E-state index >= 15 is 0 Å². The van der Waals surface area contributed by atoms with Crippen molar-refractivity contribution in [1.82, 2.24) is 0 Å². The third-order valence-electron chi connectivity index (χ3n) is 7.27. The lowest BCUT2D eigenvalue weighted by Gasteiger charge is -2.30. The van der Waals surface area contributed by atoms with Gasteiger partial charge in [0.05, 0.1) is 23.3 Å². The molecule has 1 fully saturated rings. The summed E-state index contributed by atoms with van der Waals surface area (Å²) < 4.78 is 41.7. The Morgan fingerprint density at radius 1 is 1.08 bits per heavy atom. The number of nitrogens with two attached hydrogens (primary N) is 1. The van der Waals surface area contributed by atoms with Crippen molar-refractivity contribution in [1.29, 1.82) is 0 Å². The van der Waals surface area contributed by atoms with Crippen LogP contribution in [0.5, 0.6) is 0 Å². The maximum Gasteiger partial charge on any atom is 0.238 e. The standard InChI is InChI=1S/C29H34N3O4PS/c1-29(2)26-13-7-8-14-27(26)32(3)28(29)21-37(24-11-5-4-6-12-24,36-20-23-10-9-19-35-23)31-22-15-17-25(18-16-22)38(30,33)34/h4-8,11-18,21,23H,9-10,19-20H2,1-3H3,(H2,30,33,34)/b28-21-/t23-,37+/m0/s1. The second kappa shape index (κ2) is 10.4. The second-order valence-electron chi connectivity index (χ2n) is 10.2. The van der Waals surface area contributed by atoms with Gasteiger partial charge in [0, 0.05) is 41.6 Å². The van der Waals surface area contributed by atoms with Crippen LogP contribution in [0.2, 0.25) is 0 Å². The van der Waals surface area contributed by atoms with Crippen LogP contribution in [0, 0.1) is 0 Å². The Morgan fingerprint density at radius 2 is 1.76 bits per heavy atom. The first-order chi connectivity index (χ1) is 18.1. The summed E-state index contributed by atoms with van der Waals surface area (Å²) in [6.45, 7) is 5.61. The molecule has 3 aromatic rings. The molecule has 2 N–H and O–H groups in total. The molecule has 0 radical (unpaired) electrons. The molecule has 0 bridgehead atoms. The Morgan fingerprint density at radius 3 is 2.39 bits per heavy atom. The molecule has 0 aliphatic carbocycles. The summed E-state index contributed by atoms with van der Waals surface area (Å²) in [4.78, 5) is 2.27. The van der Waals surface area contributed by atoms with Crippen molar-refractivity contribution in [2.75, 3.05) is 25.2 Å². The number of likely N-dealkylation sites (N-methyl/N-ethyl adjacent to an activating group) is 1. The highest BCUT2D eigenvalue weighted by Crippen LogP contribution is 2.58. The first kappa shape index (κ1) is 26.9. The number of anilines is 1. The van der Waals surface area contributed by atoms with E-state index < -0.39 is 17.3 Å². The highest BCUT2D eigenvalue weighted by molar-refractivity contribution is 7.89. The zero-order valence-corrected chi connectivity index (χ0v) is 23.7. The number of primary sulfonamides is 1. The normalized spacial score (nSPS) is 21.3. The lowest BCUT2D eigenvalue weighted by molar-refractivity contribution is 0.0723. The molecule has 7 nitrogen and oxygen atoms in total. The van der Waals surface area contributed by atoms with E-state index in [1.54, 1.807) is 12.1 Å². The van der Waals surface area contributed by atoms with Crippen LogP contribution in [-0.4, -0.2) is 34.8 Å². The van der Waals surface area contributed by atoms with Crippen LogP contribution in [-0.2, 0) is 24.7 Å². The highest BCUT2D eigenvalue weighted by Gasteiger charge is 2.40. The number of hydrogen-bond acceptors (Lipinski definition) is 6. The zero-order chi connectivity index (χ0) is 27.0. The number of ether oxygens (including phenoxy) is 1. The van der Waals surface area contributed by atoms with Gasteiger partial charge in [-0.1, -0.05) is 62.4 Å². The molecule has 0 saturated carbocycles. The molecule has 3 aromatic carbocycles. The molecule has 2 atom stereocenters. The maximum atomic E-state index is 11.8. The Balaban J connectivity index is 1.72. The molecule has 200 valence electrons. The first-order valence-electron chi connectivity index (χ1n) is 12.7. The molecule has 2 heterocycles. The van der Waals surface area contributed by atoms with Gasteiger partial charge < -0.3 is 14.2 Å². The average Bonchev–Trinajstić information content (AvgIpc) is 3.49. The van der Waals surface area contributed by atoms with Crippen molar-refractivity contribution in [3.63, 3.8) is 0 Å². The van der Waals surface area contributed by atoms with Crippen molar-refractivity contribution in [2.45, 2.75) is 43.1 Å². The molecule has 1 saturated heterocycles. The van der Waals surface area contributed by atoms with Gasteiger partial charge in [-0.05, 0) is 48.7 Å². The summed E-state index contributed by atoms with van der Waals surface area (Å²) in [5, 5.41) is 6.31. The van der Waals surface area contributed by atoms with Gasteiger partial charge >= 0.3 is 0 Å². The quantitative estimate of drug-likeness (QED) is 0.371. The van der Waals surface area contributed by atoms with Gasteiger partial charge in [0.1, 0.15) is 7.28 Å². The summed E-state index contributed by atoms with van der Waals surface area (Å²) in [5.41, 5.74) is 3.86. The molecule has 2 aliphatic heterocycles. The van der Waals surface area contributed by atoms with E-state index in [1.807, 2.05) is 18.2 Å². The van der Waals surface area contributed by atoms with Crippen molar-refractivity contribution >= 4 is 34.0 Å². The second-order valence-corrected chi connectivity index (χ2v) is 14.3. The van der Waals surface area contributed by atoms with E-state index in [2.05, 4.69) is 68.0 Å². The zero-order valence-electron chi connectivity index (χ0n) is 21.9. The van der Waals surface area contributed by atoms with Gasteiger partial charge in [-0.2, -0.15) is 0 Å². The van der Waals surface area contributed by atoms with Gasteiger partial charge in [-0.25, -0.2) is 18.3 Å². The average molecular weight is 552 g/mol. The topological polar surface area (TPSA) is 94.2 Å². The minimum absolute atomic E-state index is 0.0166. The van der Waals surface area contributed by atoms with Crippen LogP contribution >= 0.6 is 7.28 Å². The predicted molar refractivity (Wildman–Crippen MR) is 154 cm³/mol. The Bertz CT molecular complexity index is 1500. The Labute approximate surface area is 225 Å². The fourth-order valence-electron chi connectivity index (χ4n) is 5.19. The molecule has 2 aliphatic rings. The Hall–Kier alpha value is -2.74. The fourth-order valence-corrected chi connectivity index (χ4v) is 8.60. The molecular formula is C29H34N3O4PS. The molecule has 0 unspecified atom stereocenters. The van der Waals surface area contributed by atoms with E-state index in [1.165, 1.54) is 17.7 Å². The monoisotopic (exact) mass is 551 g/mol. The number of hydrogen-bond donors (Lipinski definition) is 1. The minimum Gasteiger partial charge on any atom is -0.376 e. The van der Waals surface area contributed by atoms with Gasteiger partial charge in [0.15, 0.2) is 0 Å². The number of rotatable bonds is 7. The smallest absolute Gasteiger partial charge is 0.238 e. The fraction of sp³-hybridized carbons (Fsp3) is 0.310. The molecule has 9 heteroatoms. The van der Waals surface area contributed by atoms with Crippen molar-refractivity contribution < 1.29 is 17.7 Å². The summed E-state index contributed by atoms with van der Waals surface area (Å²) in [6.07, 6.45) is 1.98. The number of para-hydroxylation sites is 1. The lowest BCUT2D eigenvalue weighted by Crippen LogP contribution is -2.24. The van der Waals surface area contributed by atoms with E-state index in [0.29, 0.717) is 12.3 Å². The largest absolute Gasteiger partial charge is 0.376 e. The lowest BCUT2D eigenvalue weighted by atomic mass is 9.84. The van der Waals surface area contributed by atoms with Gasteiger partial charge in [-0.3, -0.25) is 0 Å². The van der Waals surface area contributed by atoms with Crippen LogP contribution in [0.15, 0.2) is 100 Å². The summed E-state index contributed by atoms with van der Waals surface area (Å²) in [5.74, 6) is 2.21. The van der Waals surface area contributed by atoms with Crippen LogP contribution in [0.25, 0.3) is 0 Å².